The van der Waals surface area contributed by atoms with Crippen molar-refractivity contribution in [1.82, 2.24) is 9.88 Å². The third-order valence-corrected chi connectivity index (χ3v) is 2.88. The van der Waals surface area contributed by atoms with Gasteiger partial charge in [0.15, 0.2) is 0 Å². The fraction of sp³-hybridized carbons (Fsp3) is 0.545. The van der Waals surface area contributed by atoms with Crippen LogP contribution in [0.4, 0.5) is 0 Å². The Kier molecular flexibility index (Phi) is 3.57. The number of pyridine rings is 1. The van der Waals surface area contributed by atoms with Gasteiger partial charge in [-0.1, -0.05) is 11.6 Å². The Morgan fingerprint density at radius 1 is 1.60 bits per heavy atom. The molecule has 0 radical (unpaired) electrons. The number of nitrogens with zero attached hydrogens (tertiary/aromatic N) is 2. The van der Waals surface area contributed by atoms with Gasteiger partial charge in [0.2, 0.25) is 0 Å². The molecule has 4 heteroatoms. The Labute approximate surface area is 94.7 Å². The number of β-amino-alcohol motifs (C(OH)–C–C–N with tert-alkyl or cyclic N) is 1. The molecule has 0 aromatic carbocycles. The maximum atomic E-state index is 9.52. The first-order chi connectivity index (χ1) is 7.24. The number of hydrogen-bond donors (Lipinski definition) is 1. The van der Waals surface area contributed by atoms with Crippen LogP contribution in [0, 0.1) is 0 Å². The van der Waals surface area contributed by atoms with E-state index in [2.05, 4.69) is 9.88 Å². The van der Waals surface area contributed by atoms with Crippen molar-refractivity contribution in [2.75, 3.05) is 13.1 Å². The standard InChI is InChI=1S/C11H15ClN2O/c12-9-3-4-13-10(6-9)7-14-5-1-2-11(15)8-14/h3-4,6,11,15H,1-2,5,7-8H2/t11-/m0/s1. The average molecular weight is 227 g/mol. The fourth-order valence-electron chi connectivity index (χ4n) is 1.94. The second kappa shape index (κ2) is 4.92. The molecule has 0 amide bonds. The van der Waals surface area contributed by atoms with E-state index in [1.807, 2.05) is 6.07 Å². The van der Waals surface area contributed by atoms with Gasteiger partial charge in [0.25, 0.3) is 0 Å². The Balaban J connectivity index is 1.96. The highest BCUT2D eigenvalue weighted by Gasteiger charge is 2.17. The van der Waals surface area contributed by atoms with Crippen LogP contribution in [0.5, 0.6) is 0 Å². The molecule has 0 spiro atoms. The first kappa shape index (κ1) is 10.9. The molecule has 1 atom stereocenters. The van der Waals surface area contributed by atoms with Crippen molar-refractivity contribution in [3.8, 4) is 0 Å². The largest absolute Gasteiger partial charge is 0.392 e. The van der Waals surface area contributed by atoms with E-state index in [-0.39, 0.29) is 6.10 Å². The molecule has 1 aliphatic heterocycles. The monoisotopic (exact) mass is 226 g/mol. The third kappa shape index (κ3) is 3.16. The van der Waals surface area contributed by atoms with Gasteiger partial charge in [0, 0.05) is 24.3 Å². The topological polar surface area (TPSA) is 36.4 Å². The highest BCUT2D eigenvalue weighted by Crippen LogP contribution is 2.14. The second-order valence-corrected chi connectivity index (χ2v) is 4.43. The van der Waals surface area contributed by atoms with Crippen LogP contribution < -0.4 is 0 Å². The zero-order valence-electron chi connectivity index (χ0n) is 8.56. The molecule has 3 nitrogen and oxygen atoms in total. The van der Waals surface area contributed by atoms with Crippen LogP contribution >= 0.6 is 11.6 Å². The van der Waals surface area contributed by atoms with Gasteiger partial charge in [-0.25, -0.2) is 0 Å². The molecule has 1 fully saturated rings. The minimum absolute atomic E-state index is 0.182. The molecule has 1 aliphatic rings. The molecule has 1 aromatic rings. The Bertz CT molecular complexity index is 332. The lowest BCUT2D eigenvalue weighted by atomic mass is 10.1. The normalized spacial score (nSPS) is 22.9. The van der Waals surface area contributed by atoms with Crippen molar-refractivity contribution in [2.24, 2.45) is 0 Å². The second-order valence-electron chi connectivity index (χ2n) is 4.00. The van der Waals surface area contributed by atoms with E-state index in [1.165, 1.54) is 0 Å². The molecule has 15 heavy (non-hydrogen) atoms. The predicted molar refractivity (Wildman–Crippen MR) is 59.8 cm³/mol. The fourth-order valence-corrected chi connectivity index (χ4v) is 2.12. The highest BCUT2D eigenvalue weighted by molar-refractivity contribution is 6.30. The van der Waals surface area contributed by atoms with E-state index in [0.29, 0.717) is 0 Å². The Morgan fingerprint density at radius 2 is 2.47 bits per heavy atom. The first-order valence-corrected chi connectivity index (χ1v) is 5.63. The van der Waals surface area contributed by atoms with Crippen molar-refractivity contribution >= 4 is 11.6 Å². The van der Waals surface area contributed by atoms with Crippen molar-refractivity contribution in [3.05, 3.63) is 29.0 Å². The molecule has 2 rings (SSSR count). The first-order valence-electron chi connectivity index (χ1n) is 5.25. The summed E-state index contributed by atoms with van der Waals surface area (Å²) < 4.78 is 0. The van der Waals surface area contributed by atoms with Crippen LogP contribution in [-0.4, -0.2) is 34.2 Å². The average Bonchev–Trinajstić information content (AvgIpc) is 2.17. The summed E-state index contributed by atoms with van der Waals surface area (Å²) in [5.74, 6) is 0. The summed E-state index contributed by atoms with van der Waals surface area (Å²) in [6.45, 7) is 2.55. The van der Waals surface area contributed by atoms with E-state index in [9.17, 15) is 5.11 Å². The molecule has 1 aromatic heterocycles. The summed E-state index contributed by atoms with van der Waals surface area (Å²) in [4.78, 5) is 6.47. The Morgan fingerprint density at radius 3 is 3.20 bits per heavy atom. The quantitative estimate of drug-likeness (QED) is 0.834. The third-order valence-electron chi connectivity index (χ3n) is 2.64. The van der Waals surface area contributed by atoms with Gasteiger partial charge in [-0.2, -0.15) is 0 Å². The number of piperidine rings is 1. The number of aromatic nitrogens is 1. The number of rotatable bonds is 2. The van der Waals surface area contributed by atoms with Gasteiger partial charge in [0.1, 0.15) is 0 Å². The lowest BCUT2D eigenvalue weighted by Gasteiger charge is -2.29. The molecule has 0 unspecified atom stereocenters. The minimum Gasteiger partial charge on any atom is -0.392 e. The summed E-state index contributed by atoms with van der Waals surface area (Å²) in [7, 11) is 0. The summed E-state index contributed by atoms with van der Waals surface area (Å²) in [5, 5.41) is 10.2. The Hall–Kier alpha value is -0.640. The van der Waals surface area contributed by atoms with E-state index in [0.717, 1.165) is 43.2 Å². The molecule has 0 saturated carbocycles. The van der Waals surface area contributed by atoms with Gasteiger partial charge >= 0.3 is 0 Å². The van der Waals surface area contributed by atoms with Crippen molar-refractivity contribution in [1.29, 1.82) is 0 Å². The zero-order valence-corrected chi connectivity index (χ0v) is 9.32. The molecule has 0 bridgehead atoms. The molecule has 1 N–H and O–H groups in total. The van der Waals surface area contributed by atoms with Gasteiger partial charge in [-0.05, 0) is 31.5 Å². The smallest absolute Gasteiger partial charge is 0.0667 e. The maximum Gasteiger partial charge on any atom is 0.0667 e. The van der Waals surface area contributed by atoms with Crippen LogP contribution in [0.1, 0.15) is 18.5 Å². The number of likely N-dealkylation sites (tertiary alicyclic amines) is 1. The van der Waals surface area contributed by atoms with Crippen molar-refractivity contribution in [3.63, 3.8) is 0 Å². The molecule has 0 aliphatic carbocycles. The summed E-state index contributed by atoms with van der Waals surface area (Å²) in [6, 6.07) is 3.65. The van der Waals surface area contributed by atoms with Gasteiger partial charge in [0.05, 0.1) is 11.8 Å². The van der Waals surface area contributed by atoms with Crippen LogP contribution in [0.2, 0.25) is 5.02 Å². The van der Waals surface area contributed by atoms with Gasteiger partial charge < -0.3 is 5.11 Å². The summed E-state index contributed by atoms with van der Waals surface area (Å²) in [6.07, 6.45) is 3.51. The molecular weight excluding hydrogens is 212 g/mol. The van der Waals surface area contributed by atoms with Crippen molar-refractivity contribution < 1.29 is 5.11 Å². The summed E-state index contributed by atoms with van der Waals surface area (Å²) in [5.41, 5.74) is 0.969. The summed E-state index contributed by atoms with van der Waals surface area (Å²) >= 11 is 5.88. The maximum absolute atomic E-state index is 9.52. The highest BCUT2D eigenvalue weighted by atomic mass is 35.5. The molecular formula is C11H15ClN2O. The number of aliphatic hydroxyl groups is 1. The van der Waals surface area contributed by atoms with E-state index >= 15 is 0 Å². The van der Waals surface area contributed by atoms with Crippen LogP contribution in [0.3, 0.4) is 0 Å². The zero-order chi connectivity index (χ0) is 10.7. The molecule has 1 saturated heterocycles. The lowest BCUT2D eigenvalue weighted by Crippen LogP contribution is -2.37. The van der Waals surface area contributed by atoms with Crippen LogP contribution in [0.15, 0.2) is 18.3 Å². The van der Waals surface area contributed by atoms with Crippen LogP contribution in [0.25, 0.3) is 0 Å². The number of halogens is 1. The van der Waals surface area contributed by atoms with E-state index in [4.69, 9.17) is 11.6 Å². The predicted octanol–water partition coefficient (Wildman–Crippen LogP) is 1.69. The number of aliphatic hydroxyl groups excluding tert-OH is 1. The van der Waals surface area contributed by atoms with Gasteiger partial charge in [-0.3, -0.25) is 9.88 Å². The lowest BCUT2D eigenvalue weighted by molar-refractivity contribution is 0.0662. The SMILES string of the molecule is O[C@H]1CCCN(Cc2cc(Cl)ccn2)C1. The van der Waals surface area contributed by atoms with Gasteiger partial charge in [-0.15, -0.1) is 0 Å². The number of hydrogen-bond acceptors (Lipinski definition) is 3. The van der Waals surface area contributed by atoms with E-state index < -0.39 is 0 Å². The van der Waals surface area contributed by atoms with Crippen LogP contribution in [-0.2, 0) is 6.54 Å². The minimum atomic E-state index is -0.182. The molecule has 82 valence electrons. The van der Waals surface area contributed by atoms with Crippen molar-refractivity contribution in [2.45, 2.75) is 25.5 Å². The van der Waals surface area contributed by atoms with E-state index in [1.54, 1.807) is 12.3 Å². The molecule has 2 heterocycles.